The molecule has 0 saturated carbocycles. The van der Waals surface area contributed by atoms with Crippen molar-refractivity contribution >= 4 is 17.3 Å². The summed E-state index contributed by atoms with van der Waals surface area (Å²) in [5.41, 5.74) is 8.35. The fraction of sp³-hybridized carbons (Fsp3) is 0.0909. The number of amides is 1. The van der Waals surface area contributed by atoms with Gasteiger partial charge < -0.3 is 5.73 Å². The SMILES string of the molecule is NC(=O)C1(c2ccccc2)CN(c2ccccc2)N=C1c1ccccc1. The van der Waals surface area contributed by atoms with Gasteiger partial charge in [0.1, 0.15) is 5.41 Å². The maximum atomic E-state index is 12.8. The molecule has 3 aromatic rings. The number of carbonyl (C=O) groups is 1. The van der Waals surface area contributed by atoms with Gasteiger partial charge in [-0.1, -0.05) is 78.9 Å². The standard InChI is InChI=1S/C22H19N3O/c23-21(26)22(18-12-6-2-7-13-18)16-25(19-14-8-3-9-15-19)24-20(22)17-10-4-1-5-11-17/h1-15H,16H2,(H2,23,26). The van der Waals surface area contributed by atoms with Gasteiger partial charge in [-0.3, -0.25) is 9.80 Å². The van der Waals surface area contributed by atoms with Crippen molar-refractivity contribution in [3.05, 3.63) is 102 Å². The lowest BCUT2D eigenvalue weighted by Gasteiger charge is -2.28. The fourth-order valence-electron chi connectivity index (χ4n) is 3.48. The number of hydrogen-bond donors (Lipinski definition) is 1. The Labute approximate surface area is 152 Å². The van der Waals surface area contributed by atoms with E-state index in [2.05, 4.69) is 0 Å². The van der Waals surface area contributed by atoms with Crippen molar-refractivity contribution in [2.24, 2.45) is 10.8 Å². The summed E-state index contributed by atoms with van der Waals surface area (Å²) in [6, 6.07) is 29.3. The number of benzene rings is 3. The summed E-state index contributed by atoms with van der Waals surface area (Å²) in [5.74, 6) is -0.398. The second-order valence-corrected chi connectivity index (χ2v) is 6.34. The number of nitrogens with two attached hydrogens (primary N) is 1. The summed E-state index contributed by atoms with van der Waals surface area (Å²) >= 11 is 0. The third-order valence-electron chi connectivity index (χ3n) is 4.80. The van der Waals surface area contributed by atoms with Gasteiger partial charge in [0.05, 0.1) is 17.9 Å². The van der Waals surface area contributed by atoms with E-state index in [1.54, 1.807) is 0 Å². The van der Waals surface area contributed by atoms with Crippen LogP contribution in [-0.2, 0) is 10.2 Å². The van der Waals surface area contributed by atoms with Crippen LogP contribution < -0.4 is 10.7 Å². The molecule has 1 unspecified atom stereocenters. The molecule has 26 heavy (non-hydrogen) atoms. The minimum atomic E-state index is -1.00. The Balaban J connectivity index is 1.92. The highest BCUT2D eigenvalue weighted by atomic mass is 16.1. The zero-order valence-corrected chi connectivity index (χ0v) is 14.2. The minimum Gasteiger partial charge on any atom is -0.368 e. The molecule has 0 radical (unpaired) electrons. The smallest absolute Gasteiger partial charge is 0.236 e. The molecular weight excluding hydrogens is 322 g/mol. The third kappa shape index (κ3) is 2.56. The van der Waals surface area contributed by atoms with Crippen LogP contribution in [0.4, 0.5) is 5.69 Å². The highest BCUT2D eigenvalue weighted by Gasteiger charge is 2.50. The largest absolute Gasteiger partial charge is 0.368 e. The third-order valence-corrected chi connectivity index (χ3v) is 4.80. The van der Waals surface area contributed by atoms with Crippen molar-refractivity contribution in [1.29, 1.82) is 0 Å². The molecule has 128 valence electrons. The average Bonchev–Trinajstić information content (AvgIpc) is 3.12. The summed E-state index contributed by atoms with van der Waals surface area (Å²) < 4.78 is 0. The number of hydrogen-bond acceptors (Lipinski definition) is 3. The van der Waals surface area contributed by atoms with Crippen LogP contribution in [0.3, 0.4) is 0 Å². The molecule has 4 heteroatoms. The summed E-state index contributed by atoms with van der Waals surface area (Å²) in [5, 5.41) is 6.69. The van der Waals surface area contributed by atoms with Gasteiger partial charge >= 0.3 is 0 Å². The average molecular weight is 341 g/mol. The summed E-state index contributed by atoms with van der Waals surface area (Å²) in [6.45, 7) is 0.376. The Bertz CT molecular complexity index is 939. The first-order chi connectivity index (χ1) is 12.7. The highest BCUT2D eigenvalue weighted by Crippen LogP contribution is 2.37. The van der Waals surface area contributed by atoms with Crippen molar-refractivity contribution < 1.29 is 4.79 Å². The van der Waals surface area contributed by atoms with E-state index in [1.165, 1.54) is 0 Å². The molecule has 4 rings (SSSR count). The van der Waals surface area contributed by atoms with Crippen LogP contribution in [0.25, 0.3) is 0 Å². The molecular formula is C22H19N3O. The van der Waals surface area contributed by atoms with E-state index in [-0.39, 0.29) is 0 Å². The predicted octanol–water partition coefficient (Wildman–Crippen LogP) is 3.33. The quantitative estimate of drug-likeness (QED) is 0.791. The highest BCUT2D eigenvalue weighted by molar-refractivity contribution is 6.23. The zero-order valence-electron chi connectivity index (χ0n) is 14.2. The van der Waals surface area contributed by atoms with Gasteiger partial charge in [0, 0.05) is 0 Å². The van der Waals surface area contributed by atoms with Gasteiger partial charge in [0.25, 0.3) is 0 Å². The number of carbonyl (C=O) groups excluding carboxylic acids is 1. The molecule has 0 fully saturated rings. The van der Waals surface area contributed by atoms with E-state index in [4.69, 9.17) is 10.8 Å². The maximum Gasteiger partial charge on any atom is 0.236 e. The molecule has 1 aliphatic rings. The van der Waals surface area contributed by atoms with Gasteiger partial charge in [-0.2, -0.15) is 5.10 Å². The molecule has 0 spiro atoms. The lowest BCUT2D eigenvalue weighted by atomic mass is 9.73. The Hall–Kier alpha value is -3.40. The second-order valence-electron chi connectivity index (χ2n) is 6.34. The molecule has 4 nitrogen and oxygen atoms in total. The number of hydrazone groups is 1. The van der Waals surface area contributed by atoms with Gasteiger partial charge in [-0.05, 0) is 23.3 Å². The normalized spacial score (nSPS) is 19.2. The Morgan fingerprint density at radius 3 is 1.96 bits per heavy atom. The van der Waals surface area contributed by atoms with Crippen LogP contribution in [0.2, 0.25) is 0 Å². The van der Waals surface area contributed by atoms with Crippen LogP contribution in [0, 0.1) is 0 Å². The Morgan fingerprint density at radius 2 is 1.38 bits per heavy atom. The van der Waals surface area contributed by atoms with Crippen molar-refractivity contribution in [2.75, 3.05) is 11.6 Å². The van der Waals surface area contributed by atoms with Gasteiger partial charge in [-0.15, -0.1) is 0 Å². The molecule has 1 amide bonds. The molecule has 0 saturated heterocycles. The number of primary amides is 1. The van der Waals surface area contributed by atoms with E-state index < -0.39 is 11.3 Å². The molecule has 0 aliphatic carbocycles. The van der Waals surface area contributed by atoms with Crippen LogP contribution in [-0.4, -0.2) is 18.2 Å². The van der Waals surface area contributed by atoms with Crippen molar-refractivity contribution in [1.82, 2.24) is 0 Å². The Morgan fingerprint density at radius 1 is 0.846 bits per heavy atom. The minimum absolute atomic E-state index is 0.376. The van der Waals surface area contributed by atoms with Crippen LogP contribution in [0.15, 0.2) is 96.1 Å². The van der Waals surface area contributed by atoms with E-state index in [0.717, 1.165) is 16.8 Å². The number of anilines is 1. The number of rotatable bonds is 4. The van der Waals surface area contributed by atoms with Crippen LogP contribution in [0.5, 0.6) is 0 Å². The van der Waals surface area contributed by atoms with E-state index in [9.17, 15) is 4.79 Å². The monoisotopic (exact) mass is 341 g/mol. The Kier molecular flexibility index (Phi) is 4.01. The fourth-order valence-corrected chi connectivity index (χ4v) is 3.48. The lowest BCUT2D eigenvalue weighted by molar-refractivity contribution is -0.120. The molecule has 3 aromatic carbocycles. The van der Waals surface area contributed by atoms with Crippen molar-refractivity contribution in [2.45, 2.75) is 5.41 Å². The lowest BCUT2D eigenvalue weighted by Crippen LogP contribution is -2.50. The topological polar surface area (TPSA) is 58.7 Å². The maximum absolute atomic E-state index is 12.8. The first-order valence-electron chi connectivity index (χ1n) is 8.54. The van der Waals surface area contributed by atoms with Crippen molar-refractivity contribution in [3.63, 3.8) is 0 Å². The molecule has 1 atom stereocenters. The summed E-state index contributed by atoms with van der Waals surface area (Å²) in [7, 11) is 0. The van der Waals surface area contributed by atoms with Gasteiger partial charge in [0.2, 0.25) is 5.91 Å². The van der Waals surface area contributed by atoms with E-state index in [1.807, 2.05) is 96.0 Å². The molecule has 0 bridgehead atoms. The second kappa shape index (κ2) is 6.48. The number of nitrogens with zero attached hydrogens (tertiary/aromatic N) is 2. The molecule has 1 aliphatic heterocycles. The summed E-state index contributed by atoms with van der Waals surface area (Å²) in [4.78, 5) is 12.8. The zero-order chi connectivity index (χ0) is 18.0. The predicted molar refractivity (Wildman–Crippen MR) is 104 cm³/mol. The van der Waals surface area contributed by atoms with Crippen LogP contribution in [0.1, 0.15) is 11.1 Å². The van der Waals surface area contributed by atoms with Gasteiger partial charge in [-0.25, -0.2) is 0 Å². The number of para-hydroxylation sites is 1. The molecule has 0 aromatic heterocycles. The van der Waals surface area contributed by atoms with Gasteiger partial charge in [0.15, 0.2) is 0 Å². The molecule has 2 N–H and O–H groups in total. The van der Waals surface area contributed by atoms with Crippen molar-refractivity contribution in [3.8, 4) is 0 Å². The first kappa shape index (κ1) is 16.1. The summed E-state index contributed by atoms with van der Waals surface area (Å²) in [6.07, 6.45) is 0. The van der Waals surface area contributed by atoms with Crippen LogP contribution >= 0.6 is 0 Å². The first-order valence-corrected chi connectivity index (χ1v) is 8.54. The van der Waals surface area contributed by atoms with E-state index in [0.29, 0.717) is 12.3 Å². The van der Waals surface area contributed by atoms with E-state index >= 15 is 0 Å². The molecule has 1 heterocycles.